The summed E-state index contributed by atoms with van der Waals surface area (Å²) in [6, 6.07) is 6.65. The summed E-state index contributed by atoms with van der Waals surface area (Å²) in [7, 11) is 4.32. The van der Waals surface area contributed by atoms with E-state index in [4.69, 9.17) is 14.2 Å². The van der Waals surface area contributed by atoms with Crippen LogP contribution in [-0.4, -0.2) is 67.2 Å². The maximum Gasteiger partial charge on any atom is 0.338 e. The van der Waals surface area contributed by atoms with Gasteiger partial charge in [-0.05, 0) is 36.8 Å². The van der Waals surface area contributed by atoms with E-state index in [9.17, 15) is 14.4 Å². The molecule has 2 heterocycles. The van der Waals surface area contributed by atoms with Crippen molar-refractivity contribution < 1.29 is 28.6 Å². The Morgan fingerprint density at radius 1 is 1.00 bits per heavy atom. The lowest BCUT2D eigenvalue weighted by atomic mass is 10.1. The molecule has 0 aliphatic carbocycles. The molecular formula is C22H23N3O6. The van der Waals surface area contributed by atoms with Crippen LogP contribution in [0.5, 0.6) is 11.5 Å². The number of methoxy groups -OCH3 is 3. The number of carbonyl (C=O) groups excluding carboxylic acids is 3. The average molecular weight is 425 g/mol. The van der Waals surface area contributed by atoms with Crippen molar-refractivity contribution in [1.29, 1.82) is 0 Å². The fourth-order valence-corrected chi connectivity index (χ4v) is 3.26. The van der Waals surface area contributed by atoms with Crippen LogP contribution in [0.15, 0.2) is 42.7 Å². The molecule has 162 valence electrons. The Bertz CT molecular complexity index is 1020. The molecule has 0 spiro atoms. The second kappa shape index (κ2) is 9.75. The van der Waals surface area contributed by atoms with E-state index < -0.39 is 11.9 Å². The summed E-state index contributed by atoms with van der Waals surface area (Å²) >= 11 is 0. The minimum atomic E-state index is -0.646. The Hall–Kier alpha value is -3.88. The molecule has 0 saturated carbocycles. The van der Waals surface area contributed by atoms with Crippen molar-refractivity contribution in [2.24, 2.45) is 0 Å². The van der Waals surface area contributed by atoms with Crippen molar-refractivity contribution in [2.45, 2.75) is 6.42 Å². The van der Waals surface area contributed by atoms with Crippen LogP contribution >= 0.6 is 0 Å². The molecule has 0 unspecified atom stereocenters. The molecule has 0 radical (unpaired) electrons. The first-order valence-electron chi connectivity index (χ1n) is 9.55. The van der Waals surface area contributed by atoms with E-state index in [1.807, 2.05) is 0 Å². The largest absolute Gasteiger partial charge is 0.497 e. The first-order valence-corrected chi connectivity index (χ1v) is 9.55. The maximum atomic E-state index is 13.1. The minimum Gasteiger partial charge on any atom is -0.497 e. The second-order valence-corrected chi connectivity index (χ2v) is 6.60. The molecule has 1 aromatic heterocycles. The Balaban J connectivity index is 1.83. The molecule has 0 N–H and O–H groups in total. The van der Waals surface area contributed by atoms with Crippen molar-refractivity contribution in [3.8, 4) is 11.5 Å². The molecule has 0 atom stereocenters. The maximum absolute atomic E-state index is 13.1. The number of benzene rings is 1. The zero-order chi connectivity index (χ0) is 22.4. The van der Waals surface area contributed by atoms with Gasteiger partial charge in [0.1, 0.15) is 11.5 Å². The topological polar surface area (TPSA) is 98.3 Å². The van der Waals surface area contributed by atoms with Crippen molar-refractivity contribution >= 4 is 23.9 Å². The van der Waals surface area contributed by atoms with Crippen LogP contribution in [0.1, 0.15) is 32.7 Å². The van der Waals surface area contributed by atoms with Gasteiger partial charge in [0.2, 0.25) is 0 Å². The molecule has 1 aliphatic heterocycles. The zero-order valence-corrected chi connectivity index (χ0v) is 17.5. The lowest BCUT2D eigenvalue weighted by Crippen LogP contribution is -2.44. The number of pyridine rings is 1. The first kappa shape index (κ1) is 21.8. The highest BCUT2D eigenvalue weighted by atomic mass is 16.5. The highest BCUT2D eigenvalue weighted by molar-refractivity contribution is 6.06. The third-order valence-corrected chi connectivity index (χ3v) is 4.82. The molecule has 9 nitrogen and oxygen atoms in total. The summed E-state index contributed by atoms with van der Waals surface area (Å²) in [6.45, 7) is 0.717. The van der Waals surface area contributed by atoms with Gasteiger partial charge in [0.15, 0.2) is 0 Å². The number of nitrogens with zero attached hydrogens (tertiary/aromatic N) is 3. The van der Waals surface area contributed by atoms with Crippen molar-refractivity contribution in [2.75, 3.05) is 34.4 Å². The van der Waals surface area contributed by atoms with E-state index in [2.05, 4.69) is 4.98 Å². The third-order valence-electron chi connectivity index (χ3n) is 4.82. The van der Waals surface area contributed by atoms with Gasteiger partial charge < -0.3 is 14.2 Å². The van der Waals surface area contributed by atoms with Gasteiger partial charge in [0.25, 0.3) is 11.8 Å². The first-order chi connectivity index (χ1) is 15.0. The Morgan fingerprint density at radius 2 is 1.77 bits per heavy atom. The average Bonchev–Trinajstić information content (AvgIpc) is 3.31. The van der Waals surface area contributed by atoms with Gasteiger partial charge in [-0.2, -0.15) is 0 Å². The summed E-state index contributed by atoms with van der Waals surface area (Å²) in [6.07, 6.45) is 6.29. The number of aromatic nitrogens is 1. The highest BCUT2D eigenvalue weighted by Crippen LogP contribution is 2.25. The number of rotatable bonds is 6. The molecule has 9 heteroatoms. The van der Waals surface area contributed by atoms with Crippen molar-refractivity contribution in [1.82, 2.24) is 15.0 Å². The number of hydrazine groups is 1. The predicted molar refractivity (Wildman–Crippen MR) is 112 cm³/mol. The molecule has 2 aromatic rings. The van der Waals surface area contributed by atoms with Gasteiger partial charge >= 0.3 is 5.97 Å². The molecular weight excluding hydrogens is 402 g/mol. The van der Waals surface area contributed by atoms with E-state index in [1.165, 1.54) is 48.8 Å². The number of hydrogen-bond acceptors (Lipinski definition) is 7. The lowest BCUT2D eigenvalue weighted by Gasteiger charge is -2.27. The van der Waals surface area contributed by atoms with Crippen LogP contribution < -0.4 is 9.47 Å². The normalized spacial score (nSPS) is 13.4. The predicted octanol–water partition coefficient (Wildman–Crippen LogP) is 2.19. The molecule has 1 fully saturated rings. The molecule has 1 aromatic carbocycles. The molecule has 2 amide bonds. The van der Waals surface area contributed by atoms with Gasteiger partial charge in [-0.1, -0.05) is 0 Å². The Labute approximate surface area is 179 Å². The van der Waals surface area contributed by atoms with Gasteiger partial charge in [0, 0.05) is 37.1 Å². The van der Waals surface area contributed by atoms with Crippen LogP contribution in [0.4, 0.5) is 0 Å². The van der Waals surface area contributed by atoms with Crippen LogP contribution in [-0.2, 0) is 9.53 Å². The van der Waals surface area contributed by atoms with E-state index in [-0.39, 0.29) is 17.0 Å². The fourth-order valence-electron chi connectivity index (χ4n) is 3.26. The smallest absolute Gasteiger partial charge is 0.338 e. The zero-order valence-electron chi connectivity index (χ0n) is 17.5. The Kier molecular flexibility index (Phi) is 6.86. The van der Waals surface area contributed by atoms with Gasteiger partial charge in [-0.15, -0.1) is 0 Å². The summed E-state index contributed by atoms with van der Waals surface area (Å²) in [5.74, 6) is -0.311. The van der Waals surface area contributed by atoms with Gasteiger partial charge in [-0.25, -0.2) is 14.8 Å². The van der Waals surface area contributed by atoms with Crippen molar-refractivity contribution in [3.63, 3.8) is 0 Å². The SMILES string of the molecule is COC(=O)c1ccncc1C(=O)N1CCCN1C(=O)C=Cc1cc(OC)ccc1OC. The number of ether oxygens (including phenoxy) is 3. The van der Waals surface area contributed by atoms with E-state index in [1.54, 1.807) is 31.4 Å². The van der Waals surface area contributed by atoms with Crippen molar-refractivity contribution in [3.05, 3.63) is 59.4 Å². The van der Waals surface area contributed by atoms with Crippen LogP contribution in [0, 0.1) is 0 Å². The summed E-state index contributed by atoms with van der Waals surface area (Å²) in [5.41, 5.74) is 0.832. The van der Waals surface area contributed by atoms with Crippen LogP contribution in [0.2, 0.25) is 0 Å². The molecule has 1 saturated heterocycles. The number of hydrogen-bond donors (Lipinski definition) is 0. The van der Waals surface area contributed by atoms with E-state index in [0.29, 0.717) is 36.6 Å². The molecule has 0 bridgehead atoms. The monoisotopic (exact) mass is 425 g/mol. The molecule has 3 rings (SSSR count). The molecule has 31 heavy (non-hydrogen) atoms. The van der Waals surface area contributed by atoms with Gasteiger partial charge in [-0.3, -0.25) is 14.6 Å². The number of esters is 1. The quantitative estimate of drug-likeness (QED) is 0.517. The number of carbonyl (C=O) groups is 3. The highest BCUT2D eigenvalue weighted by Gasteiger charge is 2.32. The van der Waals surface area contributed by atoms with Crippen LogP contribution in [0.25, 0.3) is 6.08 Å². The Morgan fingerprint density at radius 3 is 2.48 bits per heavy atom. The van der Waals surface area contributed by atoms with E-state index in [0.717, 1.165) is 0 Å². The standard InChI is InChI=1S/C22H23N3O6/c1-29-16-6-7-19(30-2)15(13-16)5-8-20(26)24-11-4-12-25(24)21(27)18-14-23-10-9-17(18)22(28)31-3/h5-10,13-14H,4,11-12H2,1-3H3. The molecule has 1 aliphatic rings. The minimum absolute atomic E-state index is 0.0764. The number of amides is 2. The summed E-state index contributed by atoms with van der Waals surface area (Å²) in [4.78, 5) is 41.9. The lowest BCUT2D eigenvalue weighted by molar-refractivity contribution is -0.134. The third kappa shape index (κ3) is 4.66. The fraction of sp³-hybridized carbons (Fsp3) is 0.273. The summed E-state index contributed by atoms with van der Waals surface area (Å²) in [5, 5.41) is 2.67. The summed E-state index contributed by atoms with van der Waals surface area (Å²) < 4.78 is 15.3. The second-order valence-electron chi connectivity index (χ2n) is 6.60. The van der Waals surface area contributed by atoms with Gasteiger partial charge in [0.05, 0.1) is 32.5 Å². The van der Waals surface area contributed by atoms with E-state index >= 15 is 0 Å². The van der Waals surface area contributed by atoms with Crippen LogP contribution in [0.3, 0.4) is 0 Å².